The number of halogens is 2. The number of nitrogens with zero attached hydrogens (tertiary/aromatic N) is 1. The first-order chi connectivity index (χ1) is 12.0. The molecule has 2 aromatic rings. The van der Waals surface area contributed by atoms with Crippen LogP contribution in [-0.4, -0.2) is 24.9 Å². The zero-order valence-corrected chi connectivity index (χ0v) is 14.9. The van der Waals surface area contributed by atoms with Crippen LogP contribution in [-0.2, 0) is 9.59 Å². The van der Waals surface area contributed by atoms with Crippen LogP contribution in [0, 0.1) is 0 Å². The van der Waals surface area contributed by atoms with Crippen LogP contribution < -0.4 is 15.5 Å². The molecule has 1 aliphatic heterocycles. The molecule has 0 aliphatic carbocycles. The molecule has 0 aromatic heterocycles. The lowest BCUT2D eigenvalue weighted by molar-refractivity contribution is -0.117. The third-order valence-corrected chi connectivity index (χ3v) is 4.65. The Hall–Kier alpha value is -2.24. The quantitative estimate of drug-likeness (QED) is 0.821. The van der Waals surface area contributed by atoms with Crippen molar-refractivity contribution in [1.29, 1.82) is 0 Å². The maximum atomic E-state index is 12.1. The topological polar surface area (TPSA) is 61.4 Å². The molecule has 1 heterocycles. The van der Waals surface area contributed by atoms with Gasteiger partial charge in [-0.05, 0) is 36.8 Å². The maximum absolute atomic E-state index is 12.1. The summed E-state index contributed by atoms with van der Waals surface area (Å²) in [6.07, 6.45) is 1.41. The molecule has 3 rings (SSSR count). The van der Waals surface area contributed by atoms with Crippen molar-refractivity contribution in [2.24, 2.45) is 0 Å². The minimum absolute atomic E-state index is 0.0687. The number of carbonyl (C=O) groups is 2. The lowest BCUT2D eigenvalue weighted by Crippen LogP contribution is -2.26. The molecule has 1 fully saturated rings. The molecule has 0 radical (unpaired) electrons. The fraction of sp³-hybridized carbons (Fsp3) is 0.222. The van der Waals surface area contributed by atoms with Crippen molar-refractivity contribution in [2.75, 3.05) is 28.6 Å². The van der Waals surface area contributed by atoms with Crippen molar-refractivity contribution < 1.29 is 9.59 Å². The molecule has 0 atom stereocenters. The Kier molecular flexibility index (Phi) is 5.46. The van der Waals surface area contributed by atoms with E-state index in [-0.39, 0.29) is 18.4 Å². The van der Waals surface area contributed by atoms with Gasteiger partial charge in [0.15, 0.2) is 0 Å². The second-order valence-corrected chi connectivity index (χ2v) is 6.51. The predicted octanol–water partition coefficient (Wildman–Crippen LogP) is 4.17. The number of nitrogens with one attached hydrogen (secondary N) is 2. The number of rotatable bonds is 5. The molecule has 130 valence electrons. The third-order valence-electron chi connectivity index (χ3n) is 3.91. The number of carbonyl (C=O) groups excluding carboxylic acids is 2. The molecule has 25 heavy (non-hydrogen) atoms. The van der Waals surface area contributed by atoms with Crippen LogP contribution in [0.5, 0.6) is 0 Å². The first-order valence-electron chi connectivity index (χ1n) is 7.93. The number of hydrogen-bond acceptors (Lipinski definition) is 3. The second-order valence-electron chi connectivity index (χ2n) is 5.70. The minimum atomic E-state index is -0.221. The van der Waals surface area contributed by atoms with Gasteiger partial charge in [-0.25, -0.2) is 0 Å². The number of benzene rings is 2. The van der Waals surface area contributed by atoms with Crippen molar-refractivity contribution in [3.63, 3.8) is 0 Å². The van der Waals surface area contributed by atoms with E-state index in [4.69, 9.17) is 23.2 Å². The van der Waals surface area contributed by atoms with E-state index < -0.39 is 0 Å². The largest absolute Gasteiger partial charge is 0.374 e. The normalized spacial score (nSPS) is 13.8. The van der Waals surface area contributed by atoms with Crippen LogP contribution in [0.2, 0.25) is 10.0 Å². The SMILES string of the molecule is O=C(CNc1ccccc1N1CCCC1=O)Nc1ccc(Cl)c(Cl)c1. The highest BCUT2D eigenvalue weighted by Gasteiger charge is 2.23. The van der Waals surface area contributed by atoms with Gasteiger partial charge in [0.25, 0.3) is 0 Å². The fourth-order valence-corrected chi connectivity index (χ4v) is 3.01. The van der Waals surface area contributed by atoms with Crippen LogP contribution in [0.25, 0.3) is 0 Å². The van der Waals surface area contributed by atoms with E-state index in [0.29, 0.717) is 28.7 Å². The number of para-hydroxylation sites is 2. The van der Waals surface area contributed by atoms with Crippen molar-refractivity contribution in [2.45, 2.75) is 12.8 Å². The summed E-state index contributed by atoms with van der Waals surface area (Å²) in [5, 5.41) is 6.66. The van der Waals surface area contributed by atoms with Crippen LogP contribution in [0.4, 0.5) is 17.1 Å². The molecule has 0 unspecified atom stereocenters. The molecule has 2 N–H and O–H groups in total. The third kappa shape index (κ3) is 4.24. The van der Waals surface area contributed by atoms with E-state index in [1.54, 1.807) is 23.1 Å². The van der Waals surface area contributed by atoms with Gasteiger partial charge in [-0.1, -0.05) is 35.3 Å². The Morgan fingerprint density at radius 3 is 2.64 bits per heavy atom. The van der Waals surface area contributed by atoms with Crippen molar-refractivity contribution in [1.82, 2.24) is 0 Å². The molecule has 2 amide bonds. The van der Waals surface area contributed by atoms with Crippen LogP contribution >= 0.6 is 23.2 Å². The molecular formula is C18H17Cl2N3O2. The molecule has 2 aromatic carbocycles. The predicted molar refractivity (Wildman–Crippen MR) is 102 cm³/mol. The van der Waals surface area contributed by atoms with Crippen LogP contribution in [0.1, 0.15) is 12.8 Å². The molecule has 0 spiro atoms. The molecule has 0 saturated carbocycles. The average Bonchev–Trinajstić information content (AvgIpc) is 3.02. The maximum Gasteiger partial charge on any atom is 0.243 e. The Morgan fingerprint density at radius 2 is 1.92 bits per heavy atom. The zero-order valence-electron chi connectivity index (χ0n) is 13.4. The van der Waals surface area contributed by atoms with Gasteiger partial charge in [0, 0.05) is 18.7 Å². The lowest BCUT2D eigenvalue weighted by Gasteiger charge is -2.20. The monoisotopic (exact) mass is 377 g/mol. The van der Waals surface area contributed by atoms with Gasteiger partial charge in [0.2, 0.25) is 11.8 Å². The number of amides is 2. The van der Waals surface area contributed by atoms with Crippen molar-refractivity contribution >= 4 is 52.1 Å². The summed E-state index contributed by atoms with van der Waals surface area (Å²) in [6.45, 7) is 0.770. The standard InChI is InChI=1S/C18H17Cl2N3O2/c19-13-8-7-12(10-14(13)20)22-17(24)11-21-15-4-1-2-5-16(15)23-9-3-6-18(23)25/h1-2,4-5,7-8,10,21H,3,6,9,11H2,(H,22,24). The number of anilines is 3. The smallest absolute Gasteiger partial charge is 0.243 e. The van der Waals surface area contributed by atoms with E-state index in [0.717, 1.165) is 17.8 Å². The summed E-state index contributed by atoms with van der Waals surface area (Å²) in [5.41, 5.74) is 2.12. The van der Waals surface area contributed by atoms with E-state index in [1.165, 1.54) is 0 Å². The summed E-state index contributed by atoms with van der Waals surface area (Å²) in [4.78, 5) is 25.9. The summed E-state index contributed by atoms with van der Waals surface area (Å²) in [7, 11) is 0. The fourth-order valence-electron chi connectivity index (χ4n) is 2.72. The Morgan fingerprint density at radius 1 is 1.12 bits per heavy atom. The summed E-state index contributed by atoms with van der Waals surface area (Å²) in [6, 6.07) is 12.4. The van der Waals surface area contributed by atoms with Gasteiger partial charge >= 0.3 is 0 Å². The molecule has 1 aliphatic rings. The zero-order chi connectivity index (χ0) is 17.8. The molecule has 0 bridgehead atoms. The summed E-state index contributed by atoms with van der Waals surface area (Å²) in [5.74, 6) is -0.115. The van der Waals surface area contributed by atoms with E-state index in [9.17, 15) is 9.59 Å². The van der Waals surface area contributed by atoms with Gasteiger partial charge in [-0.3, -0.25) is 9.59 Å². The number of hydrogen-bond donors (Lipinski definition) is 2. The minimum Gasteiger partial charge on any atom is -0.374 e. The van der Waals surface area contributed by atoms with E-state index >= 15 is 0 Å². The second kappa shape index (κ2) is 7.76. The Labute approximate surface area is 155 Å². The van der Waals surface area contributed by atoms with Gasteiger partial charge < -0.3 is 15.5 Å². The average molecular weight is 378 g/mol. The summed E-state index contributed by atoms with van der Waals surface area (Å²) >= 11 is 11.8. The first kappa shape index (κ1) is 17.6. The van der Waals surface area contributed by atoms with E-state index in [2.05, 4.69) is 10.6 Å². The van der Waals surface area contributed by atoms with Gasteiger partial charge in [0.1, 0.15) is 0 Å². The van der Waals surface area contributed by atoms with Crippen LogP contribution in [0.15, 0.2) is 42.5 Å². The first-order valence-corrected chi connectivity index (χ1v) is 8.68. The Bertz CT molecular complexity index is 811. The molecular weight excluding hydrogens is 361 g/mol. The van der Waals surface area contributed by atoms with Gasteiger partial charge in [-0.15, -0.1) is 0 Å². The van der Waals surface area contributed by atoms with Crippen LogP contribution in [0.3, 0.4) is 0 Å². The highest BCUT2D eigenvalue weighted by atomic mass is 35.5. The van der Waals surface area contributed by atoms with E-state index in [1.807, 2.05) is 24.3 Å². The highest BCUT2D eigenvalue weighted by molar-refractivity contribution is 6.42. The van der Waals surface area contributed by atoms with Gasteiger partial charge in [0.05, 0.1) is 28.0 Å². The van der Waals surface area contributed by atoms with Crippen molar-refractivity contribution in [3.05, 3.63) is 52.5 Å². The van der Waals surface area contributed by atoms with Crippen molar-refractivity contribution in [3.8, 4) is 0 Å². The highest BCUT2D eigenvalue weighted by Crippen LogP contribution is 2.29. The molecule has 7 heteroatoms. The Balaban J connectivity index is 1.64. The summed E-state index contributed by atoms with van der Waals surface area (Å²) < 4.78 is 0. The molecule has 5 nitrogen and oxygen atoms in total. The van der Waals surface area contributed by atoms with Gasteiger partial charge in [-0.2, -0.15) is 0 Å². The lowest BCUT2D eigenvalue weighted by atomic mass is 10.2. The molecule has 1 saturated heterocycles.